The molecule has 126 valence electrons. The van der Waals surface area contributed by atoms with Crippen molar-refractivity contribution in [3.8, 4) is 0 Å². The van der Waals surface area contributed by atoms with Crippen LogP contribution in [-0.2, 0) is 11.2 Å². The summed E-state index contributed by atoms with van der Waals surface area (Å²) in [6.07, 6.45) is 5.48. The molecule has 3 heteroatoms. The van der Waals surface area contributed by atoms with Gasteiger partial charge in [0, 0.05) is 13.1 Å². The van der Waals surface area contributed by atoms with E-state index in [1.165, 1.54) is 25.7 Å². The van der Waals surface area contributed by atoms with Crippen molar-refractivity contribution in [2.75, 3.05) is 23.3 Å². The maximum atomic E-state index is 12.5. The van der Waals surface area contributed by atoms with E-state index in [4.69, 9.17) is 0 Å². The number of anilines is 2. The SMILES string of the molecule is Cc1ccccc1CC(=O)Nc1ccccc1N1CCCCCC1. The lowest BCUT2D eigenvalue weighted by Crippen LogP contribution is -2.26. The Labute approximate surface area is 144 Å². The van der Waals surface area contributed by atoms with Gasteiger partial charge in [-0.05, 0) is 43.0 Å². The summed E-state index contributed by atoms with van der Waals surface area (Å²) in [6.45, 7) is 4.20. The van der Waals surface area contributed by atoms with Gasteiger partial charge >= 0.3 is 0 Å². The quantitative estimate of drug-likeness (QED) is 0.895. The molecule has 0 saturated carbocycles. The van der Waals surface area contributed by atoms with Crippen molar-refractivity contribution in [1.29, 1.82) is 0 Å². The summed E-state index contributed by atoms with van der Waals surface area (Å²) < 4.78 is 0. The molecule has 1 aliphatic heterocycles. The molecule has 0 spiro atoms. The van der Waals surface area contributed by atoms with E-state index in [2.05, 4.69) is 22.3 Å². The minimum Gasteiger partial charge on any atom is -0.370 e. The first-order valence-electron chi connectivity index (χ1n) is 8.92. The van der Waals surface area contributed by atoms with Crippen LogP contribution in [0.25, 0.3) is 0 Å². The molecule has 0 aliphatic carbocycles. The summed E-state index contributed by atoms with van der Waals surface area (Å²) in [6, 6.07) is 16.2. The average molecular weight is 322 g/mol. The lowest BCUT2D eigenvalue weighted by molar-refractivity contribution is -0.115. The Balaban J connectivity index is 1.73. The second-order valence-corrected chi connectivity index (χ2v) is 6.57. The highest BCUT2D eigenvalue weighted by molar-refractivity contribution is 5.95. The molecule has 1 amide bonds. The third-order valence-corrected chi connectivity index (χ3v) is 4.74. The zero-order valence-electron chi connectivity index (χ0n) is 14.4. The number of para-hydroxylation sites is 2. The molecule has 3 rings (SSSR count). The molecule has 3 nitrogen and oxygen atoms in total. The number of hydrogen-bond acceptors (Lipinski definition) is 2. The van der Waals surface area contributed by atoms with Crippen LogP contribution in [0.4, 0.5) is 11.4 Å². The van der Waals surface area contributed by atoms with Gasteiger partial charge in [0.15, 0.2) is 0 Å². The van der Waals surface area contributed by atoms with Gasteiger partial charge in [-0.3, -0.25) is 4.79 Å². The lowest BCUT2D eigenvalue weighted by Gasteiger charge is -2.25. The fourth-order valence-electron chi connectivity index (χ4n) is 3.34. The molecule has 1 saturated heterocycles. The van der Waals surface area contributed by atoms with E-state index >= 15 is 0 Å². The highest BCUT2D eigenvalue weighted by atomic mass is 16.1. The summed E-state index contributed by atoms with van der Waals surface area (Å²) in [4.78, 5) is 14.9. The maximum absolute atomic E-state index is 12.5. The first-order valence-corrected chi connectivity index (χ1v) is 8.92. The number of carbonyl (C=O) groups is 1. The molecule has 1 N–H and O–H groups in total. The highest BCUT2D eigenvalue weighted by Crippen LogP contribution is 2.28. The van der Waals surface area contributed by atoms with Crippen LogP contribution in [-0.4, -0.2) is 19.0 Å². The number of hydrogen-bond donors (Lipinski definition) is 1. The lowest BCUT2D eigenvalue weighted by atomic mass is 10.1. The maximum Gasteiger partial charge on any atom is 0.228 e. The zero-order chi connectivity index (χ0) is 16.8. The summed E-state index contributed by atoms with van der Waals surface area (Å²) in [5.74, 6) is 0.0478. The highest BCUT2D eigenvalue weighted by Gasteiger charge is 2.15. The van der Waals surface area contributed by atoms with Crippen LogP contribution in [0.3, 0.4) is 0 Å². The molecule has 2 aromatic carbocycles. The molecule has 0 unspecified atom stereocenters. The number of nitrogens with zero attached hydrogens (tertiary/aromatic N) is 1. The summed E-state index contributed by atoms with van der Waals surface area (Å²) in [7, 11) is 0. The van der Waals surface area contributed by atoms with Gasteiger partial charge in [0.2, 0.25) is 5.91 Å². The van der Waals surface area contributed by atoms with Crippen LogP contribution >= 0.6 is 0 Å². The van der Waals surface area contributed by atoms with E-state index in [1.54, 1.807) is 0 Å². The van der Waals surface area contributed by atoms with E-state index in [0.29, 0.717) is 6.42 Å². The smallest absolute Gasteiger partial charge is 0.228 e. The third-order valence-electron chi connectivity index (χ3n) is 4.74. The average Bonchev–Trinajstić information content (AvgIpc) is 2.87. The van der Waals surface area contributed by atoms with Crippen LogP contribution in [0.1, 0.15) is 36.8 Å². The normalized spacial score (nSPS) is 15.0. The topological polar surface area (TPSA) is 32.3 Å². The number of aryl methyl sites for hydroxylation is 1. The monoisotopic (exact) mass is 322 g/mol. The van der Waals surface area contributed by atoms with Crippen LogP contribution in [0.2, 0.25) is 0 Å². The molecule has 1 heterocycles. The zero-order valence-corrected chi connectivity index (χ0v) is 14.4. The van der Waals surface area contributed by atoms with Crippen LogP contribution in [0.5, 0.6) is 0 Å². The van der Waals surface area contributed by atoms with Gasteiger partial charge < -0.3 is 10.2 Å². The molecule has 1 aliphatic rings. The van der Waals surface area contributed by atoms with Crippen molar-refractivity contribution in [3.05, 3.63) is 59.7 Å². The Morgan fingerprint density at radius 3 is 2.38 bits per heavy atom. The Hall–Kier alpha value is -2.29. The molecule has 24 heavy (non-hydrogen) atoms. The van der Waals surface area contributed by atoms with E-state index in [-0.39, 0.29) is 5.91 Å². The van der Waals surface area contributed by atoms with Gasteiger partial charge in [-0.2, -0.15) is 0 Å². The molecule has 2 aromatic rings. The van der Waals surface area contributed by atoms with E-state index in [9.17, 15) is 4.79 Å². The van der Waals surface area contributed by atoms with Crippen LogP contribution < -0.4 is 10.2 Å². The molecule has 0 bridgehead atoms. The molecular formula is C21H26N2O. The number of amides is 1. The summed E-state index contributed by atoms with van der Waals surface area (Å²) in [5.41, 5.74) is 4.33. The fraction of sp³-hybridized carbons (Fsp3) is 0.381. The first-order chi connectivity index (χ1) is 11.7. The number of rotatable bonds is 4. The molecule has 0 radical (unpaired) electrons. The Morgan fingerprint density at radius 1 is 0.958 bits per heavy atom. The molecule has 0 atom stereocenters. The van der Waals surface area contributed by atoms with Gasteiger partial charge in [0.1, 0.15) is 0 Å². The standard InChI is InChI=1S/C21H26N2O/c1-17-10-4-5-11-18(17)16-21(24)22-19-12-6-7-13-20(19)23-14-8-2-3-9-15-23/h4-7,10-13H,2-3,8-9,14-16H2,1H3,(H,22,24). The van der Waals surface area contributed by atoms with Crippen molar-refractivity contribution in [3.63, 3.8) is 0 Å². The second kappa shape index (κ2) is 8.00. The largest absolute Gasteiger partial charge is 0.370 e. The molecule has 0 aromatic heterocycles. The number of nitrogens with one attached hydrogen (secondary N) is 1. The molecular weight excluding hydrogens is 296 g/mol. The Bertz CT molecular complexity index is 688. The number of carbonyl (C=O) groups excluding carboxylic acids is 1. The van der Waals surface area contributed by atoms with Gasteiger partial charge in [-0.25, -0.2) is 0 Å². The fourth-order valence-corrected chi connectivity index (χ4v) is 3.34. The van der Waals surface area contributed by atoms with Gasteiger partial charge in [-0.1, -0.05) is 49.2 Å². The predicted octanol–water partition coefficient (Wildman–Crippen LogP) is 4.56. The van der Waals surface area contributed by atoms with Crippen LogP contribution in [0.15, 0.2) is 48.5 Å². The first kappa shape index (κ1) is 16.6. The second-order valence-electron chi connectivity index (χ2n) is 6.57. The van der Waals surface area contributed by atoms with Gasteiger partial charge in [-0.15, -0.1) is 0 Å². The minimum atomic E-state index is 0.0478. The summed E-state index contributed by atoms with van der Waals surface area (Å²) in [5, 5.41) is 3.12. The summed E-state index contributed by atoms with van der Waals surface area (Å²) >= 11 is 0. The van der Waals surface area contributed by atoms with Crippen molar-refractivity contribution < 1.29 is 4.79 Å². The molecule has 1 fully saturated rings. The van der Waals surface area contributed by atoms with Crippen molar-refractivity contribution in [2.24, 2.45) is 0 Å². The predicted molar refractivity (Wildman–Crippen MR) is 101 cm³/mol. The van der Waals surface area contributed by atoms with E-state index < -0.39 is 0 Å². The van der Waals surface area contributed by atoms with Crippen molar-refractivity contribution in [2.45, 2.75) is 39.0 Å². The van der Waals surface area contributed by atoms with Gasteiger partial charge in [0.25, 0.3) is 0 Å². The van der Waals surface area contributed by atoms with Crippen LogP contribution in [0, 0.1) is 6.92 Å². The van der Waals surface area contributed by atoms with E-state index in [0.717, 1.165) is 35.6 Å². The number of benzene rings is 2. The van der Waals surface area contributed by atoms with Crippen molar-refractivity contribution in [1.82, 2.24) is 0 Å². The van der Waals surface area contributed by atoms with Gasteiger partial charge in [0.05, 0.1) is 17.8 Å². The van der Waals surface area contributed by atoms with Crippen molar-refractivity contribution >= 4 is 17.3 Å². The minimum absolute atomic E-state index is 0.0478. The Kier molecular flexibility index (Phi) is 5.52. The third kappa shape index (κ3) is 4.16. The van der Waals surface area contributed by atoms with E-state index in [1.807, 2.05) is 43.3 Å². The Morgan fingerprint density at radius 2 is 1.62 bits per heavy atom.